The SMILES string of the molecule is Cc1nc(N2CCN(C)C(C(F)(F)F)C2)ccc1NC1CCC(N)CC1. The van der Waals surface area contributed by atoms with Gasteiger partial charge in [-0.15, -0.1) is 0 Å². The predicted molar refractivity (Wildman–Crippen MR) is 97.5 cm³/mol. The van der Waals surface area contributed by atoms with Crippen molar-refractivity contribution < 1.29 is 13.2 Å². The lowest BCUT2D eigenvalue weighted by Gasteiger charge is -2.40. The molecule has 2 heterocycles. The monoisotopic (exact) mass is 371 g/mol. The van der Waals surface area contributed by atoms with E-state index in [1.807, 2.05) is 19.1 Å². The number of pyridine rings is 1. The molecule has 2 aliphatic rings. The quantitative estimate of drug-likeness (QED) is 0.856. The minimum Gasteiger partial charge on any atom is -0.381 e. The number of nitrogens with one attached hydrogen (secondary N) is 1. The molecule has 1 aromatic heterocycles. The molecule has 0 radical (unpaired) electrons. The fourth-order valence-electron chi connectivity index (χ4n) is 3.80. The van der Waals surface area contributed by atoms with Crippen molar-refractivity contribution >= 4 is 11.5 Å². The van der Waals surface area contributed by atoms with E-state index in [1.54, 1.807) is 4.90 Å². The van der Waals surface area contributed by atoms with Crippen LogP contribution in [0.3, 0.4) is 0 Å². The number of nitrogens with zero attached hydrogens (tertiary/aromatic N) is 3. The lowest BCUT2D eigenvalue weighted by molar-refractivity contribution is -0.180. The third kappa shape index (κ3) is 4.40. The van der Waals surface area contributed by atoms with E-state index in [0.717, 1.165) is 37.1 Å². The zero-order valence-corrected chi connectivity index (χ0v) is 15.4. The predicted octanol–water partition coefficient (Wildman–Crippen LogP) is 2.75. The van der Waals surface area contributed by atoms with E-state index < -0.39 is 12.2 Å². The smallest absolute Gasteiger partial charge is 0.381 e. The molecule has 5 nitrogen and oxygen atoms in total. The Balaban J connectivity index is 1.67. The first kappa shape index (κ1) is 19.2. The average molecular weight is 371 g/mol. The van der Waals surface area contributed by atoms with Gasteiger partial charge >= 0.3 is 6.18 Å². The minimum atomic E-state index is -4.23. The van der Waals surface area contributed by atoms with Crippen LogP contribution in [-0.4, -0.2) is 60.9 Å². The summed E-state index contributed by atoms with van der Waals surface area (Å²) < 4.78 is 39.6. The number of hydrogen-bond donors (Lipinski definition) is 2. The Bertz CT molecular complexity index is 613. The molecule has 0 bridgehead atoms. The number of rotatable bonds is 3. The summed E-state index contributed by atoms with van der Waals surface area (Å²) in [4.78, 5) is 7.67. The van der Waals surface area contributed by atoms with Crippen LogP contribution in [0, 0.1) is 6.92 Å². The van der Waals surface area contributed by atoms with Crippen molar-refractivity contribution in [1.82, 2.24) is 9.88 Å². The third-order valence-electron chi connectivity index (χ3n) is 5.55. The Morgan fingerprint density at radius 1 is 1.15 bits per heavy atom. The number of likely N-dealkylation sites (N-methyl/N-ethyl adjacent to an activating group) is 1. The van der Waals surface area contributed by atoms with Crippen LogP contribution >= 0.6 is 0 Å². The first-order valence-corrected chi connectivity index (χ1v) is 9.25. The van der Waals surface area contributed by atoms with Crippen molar-refractivity contribution in [1.29, 1.82) is 0 Å². The largest absolute Gasteiger partial charge is 0.405 e. The van der Waals surface area contributed by atoms with Crippen molar-refractivity contribution in [3.63, 3.8) is 0 Å². The summed E-state index contributed by atoms with van der Waals surface area (Å²) in [6, 6.07) is 2.99. The molecule has 2 fully saturated rings. The summed E-state index contributed by atoms with van der Waals surface area (Å²) >= 11 is 0. The first-order valence-electron chi connectivity index (χ1n) is 9.25. The molecule has 3 N–H and O–H groups in total. The summed E-state index contributed by atoms with van der Waals surface area (Å²) in [5, 5.41) is 3.52. The molecule has 1 atom stereocenters. The van der Waals surface area contributed by atoms with Gasteiger partial charge in [0.05, 0.1) is 11.4 Å². The Morgan fingerprint density at radius 3 is 2.46 bits per heavy atom. The third-order valence-corrected chi connectivity index (χ3v) is 5.55. The lowest BCUT2D eigenvalue weighted by Crippen LogP contribution is -2.57. The standard InChI is InChI=1S/C18H28F3N5/c1-12-15(24-14-5-3-13(22)4-6-14)7-8-17(23-12)26-10-9-25(2)16(11-26)18(19,20)21/h7-8,13-14,16,24H,3-6,9-11,22H2,1-2H3. The molecule has 1 saturated heterocycles. The molecule has 1 saturated carbocycles. The molecule has 1 aliphatic heterocycles. The van der Waals surface area contributed by atoms with Crippen LogP contribution in [0.1, 0.15) is 31.4 Å². The van der Waals surface area contributed by atoms with Gasteiger partial charge in [-0.2, -0.15) is 13.2 Å². The number of aryl methyl sites for hydroxylation is 1. The van der Waals surface area contributed by atoms with Crippen LogP contribution in [-0.2, 0) is 0 Å². The number of halogens is 3. The van der Waals surface area contributed by atoms with E-state index in [9.17, 15) is 13.2 Å². The molecule has 1 aliphatic carbocycles. The van der Waals surface area contributed by atoms with Gasteiger partial charge in [-0.3, -0.25) is 4.90 Å². The average Bonchev–Trinajstić information content (AvgIpc) is 2.58. The van der Waals surface area contributed by atoms with E-state index in [1.165, 1.54) is 11.9 Å². The number of anilines is 2. The van der Waals surface area contributed by atoms with Crippen LogP contribution in [0.4, 0.5) is 24.7 Å². The van der Waals surface area contributed by atoms with E-state index in [2.05, 4.69) is 10.3 Å². The summed E-state index contributed by atoms with van der Waals surface area (Å²) in [5.74, 6) is 0.612. The van der Waals surface area contributed by atoms with Crippen molar-refractivity contribution in [2.24, 2.45) is 5.73 Å². The van der Waals surface area contributed by atoms with Gasteiger partial charge in [-0.25, -0.2) is 4.98 Å². The fourth-order valence-corrected chi connectivity index (χ4v) is 3.80. The maximum atomic E-state index is 13.2. The Kier molecular flexibility index (Phi) is 5.62. The molecule has 146 valence electrons. The van der Waals surface area contributed by atoms with Gasteiger partial charge in [-0.05, 0) is 51.8 Å². The van der Waals surface area contributed by atoms with Crippen LogP contribution in [0.15, 0.2) is 12.1 Å². The maximum absolute atomic E-state index is 13.2. The Labute approximate surface area is 152 Å². The number of piperazine rings is 1. The van der Waals surface area contributed by atoms with Gasteiger partial charge in [0.1, 0.15) is 11.9 Å². The van der Waals surface area contributed by atoms with Crippen LogP contribution in [0.5, 0.6) is 0 Å². The zero-order chi connectivity index (χ0) is 18.9. The van der Waals surface area contributed by atoms with Gasteiger partial charge < -0.3 is 16.0 Å². The fraction of sp³-hybridized carbons (Fsp3) is 0.722. The highest BCUT2D eigenvalue weighted by molar-refractivity contribution is 5.54. The normalized spacial score (nSPS) is 28.2. The van der Waals surface area contributed by atoms with E-state index >= 15 is 0 Å². The molecular weight excluding hydrogens is 343 g/mol. The maximum Gasteiger partial charge on any atom is 0.405 e. The number of alkyl halides is 3. The Hall–Kier alpha value is -1.54. The van der Waals surface area contributed by atoms with Crippen molar-refractivity contribution in [2.75, 3.05) is 36.9 Å². The molecule has 1 aromatic rings. The van der Waals surface area contributed by atoms with Crippen LogP contribution < -0.4 is 16.0 Å². The zero-order valence-electron chi connectivity index (χ0n) is 15.4. The second kappa shape index (κ2) is 7.60. The van der Waals surface area contributed by atoms with Gasteiger partial charge in [0.2, 0.25) is 0 Å². The molecule has 26 heavy (non-hydrogen) atoms. The molecular formula is C18H28F3N5. The second-order valence-electron chi connectivity index (χ2n) is 7.54. The number of aromatic nitrogens is 1. The van der Waals surface area contributed by atoms with Gasteiger partial charge in [0.25, 0.3) is 0 Å². The lowest BCUT2D eigenvalue weighted by atomic mass is 9.91. The van der Waals surface area contributed by atoms with Crippen molar-refractivity contribution in [3.05, 3.63) is 17.8 Å². The highest BCUT2D eigenvalue weighted by Gasteiger charge is 2.45. The van der Waals surface area contributed by atoms with Crippen molar-refractivity contribution in [3.8, 4) is 0 Å². The highest BCUT2D eigenvalue weighted by atomic mass is 19.4. The second-order valence-corrected chi connectivity index (χ2v) is 7.54. The number of hydrogen-bond acceptors (Lipinski definition) is 5. The van der Waals surface area contributed by atoms with E-state index in [0.29, 0.717) is 31.0 Å². The summed E-state index contributed by atoms with van der Waals surface area (Å²) in [5.41, 5.74) is 7.72. The minimum absolute atomic E-state index is 0.0836. The summed E-state index contributed by atoms with van der Waals surface area (Å²) in [6.45, 7) is 2.73. The number of nitrogens with two attached hydrogens (primary N) is 1. The first-order chi connectivity index (χ1) is 12.2. The Morgan fingerprint density at radius 2 is 1.85 bits per heavy atom. The van der Waals surface area contributed by atoms with Crippen molar-refractivity contribution in [2.45, 2.75) is 56.9 Å². The molecule has 0 amide bonds. The molecule has 3 rings (SSSR count). The van der Waals surface area contributed by atoms with E-state index in [-0.39, 0.29) is 6.54 Å². The van der Waals surface area contributed by atoms with Gasteiger partial charge in [0, 0.05) is 31.7 Å². The van der Waals surface area contributed by atoms with Gasteiger partial charge in [-0.1, -0.05) is 0 Å². The van der Waals surface area contributed by atoms with Gasteiger partial charge in [0.15, 0.2) is 0 Å². The molecule has 0 aromatic carbocycles. The van der Waals surface area contributed by atoms with E-state index in [4.69, 9.17) is 5.73 Å². The topological polar surface area (TPSA) is 57.4 Å². The molecule has 8 heteroatoms. The molecule has 0 spiro atoms. The summed E-state index contributed by atoms with van der Waals surface area (Å²) in [7, 11) is 1.53. The summed E-state index contributed by atoms with van der Waals surface area (Å²) in [6.07, 6.45) is -0.126. The van der Waals surface area contributed by atoms with Crippen LogP contribution in [0.25, 0.3) is 0 Å². The van der Waals surface area contributed by atoms with Crippen LogP contribution in [0.2, 0.25) is 0 Å². The highest BCUT2D eigenvalue weighted by Crippen LogP contribution is 2.30. The molecule has 1 unspecified atom stereocenters.